The van der Waals surface area contributed by atoms with Gasteiger partial charge in [0.25, 0.3) is 0 Å². The van der Waals surface area contributed by atoms with Gasteiger partial charge in [0.05, 0.1) is 7.11 Å². The van der Waals surface area contributed by atoms with Gasteiger partial charge in [0.1, 0.15) is 5.75 Å². The molecular formula is C17H25NO. The molecule has 19 heavy (non-hydrogen) atoms. The summed E-state index contributed by atoms with van der Waals surface area (Å²) in [7, 11) is 1.74. The topological polar surface area (TPSA) is 21.3 Å². The van der Waals surface area contributed by atoms with Gasteiger partial charge in [-0.3, -0.25) is 0 Å². The molecule has 1 aromatic carbocycles. The van der Waals surface area contributed by atoms with Gasteiger partial charge >= 0.3 is 0 Å². The van der Waals surface area contributed by atoms with E-state index in [4.69, 9.17) is 4.74 Å². The standard InChI is InChI=1S/C17H25NO/c1-19-15-8-6-14(7-9-15)16-10-11-18-12-17(16)13-4-2-3-5-13/h6-9,13,16-18H,2-5,10-12H2,1H3. The highest BCUT2D eigenvalue weighted by atomic mass is 16.5. The van der Waals surface area contributed by atoms with Crippen LogP contribution in [0.15, 0.2) is 24.3 Å². The summed E-state index contributed by atoms with van der Waals surface area (Å²) in [5.74, 6) is 3.50. The van der Waals surface area contributed by atoms with E-state index in [1.54, 1.807) is 7.11 Å². The van der Waals surface area contributed by atoms with Gasteiger partial charge < -0.3 is 10.1 Å². The maximum absolute atomic E-state index is 5.27. The lowest BCUT2D eigenvalue weighted by atomic mass is 9.73. The first-order chi connectivity index (χ1) is 9.38. The van der Waals surface area contributed by atoms with Crippen LogP contribution in [0, 0.1) is 11.8 Å². The van der Waals surface area contributed by atoms with E-state index in [9.17, 15) is 0 Å². The fourth-order valence-electron chi connectivity index (χ4n) is 4.03. The van der Waals surface area contributed by atoms with Crippen molar-refractivity contribution >= 4 is 0 Å². The molecule has 2 unspecified atom stereocenters. The molecule has 2 atom stereocenters. The molecule has 0 radical (unpaired) electrons. The quantitative estimate of drug-likeness (QED) is 0.896. The fraction of sp³-hybridized carbons (Fsp3) is 0.647. The van der Waals surface area contributed by atoms with Crippen molar-refractivity contribution in [3.63, 3.8) is 0 Å². The van der Waals surface area contributed by atoms with Crippen LogP contribution in [0.5, 0.6) is 5.75 Å². The number of piperidine rings is 1. The van der Waals surface area contributed by atoms with Crippen molar-refractivity contribution in [1.29, 1.82) is 0 Å². The van der Waals surface area contributed by atoms with Gasteiger partial charge in [0.2, 0.25) is 0 Å². The largest absolute Gasteiger partial charge is 0.497 e. The lowest BCUT2D eigenvalue weighted by Crippen LogP contribution is -2.38. The SMILES string of the molecule is COc1ccc(C2CCNCC2C2CCCC2)cc1. The van der Waals surface area contributed by atoms with E-state index in [2.05, 4.69) is 29.6 Å². The molecule has 0 bridgehead atoms. The molecule has 0 amide bonds. The molecule has 1 saturated heterocycles. The molecule has 1 N–H and O–H groups in total. The number of ether oxygens (including phenoxy) is 1. The number of methoxy groups -OCH3 is 1. The smallest absolute Gasteiger partial charge is 0.118 e. The van der Waals surface area contributed by atoms with Crippen molar-refractivity contribution in [2.75, 3.05) is 20.2 Å². The predicted octanol–water partition coefficient (Wildman–Crippen LogP) is 3.58. The zero-order valence-electron chi connectivity index (χ0n) is 11.9. The molecule has 104 valence electrons. The predicted molar refractivity (Wildman–Crippen MR) is 78.7 cm³/mol. The first-order valence-corrected chi connectivity index (χ1v) is 7.73. The average Bonchev–Trinajstić information content (AvgIpc) is 3.01. The Kier molecular flexibility index (Phi) is 4.07. The Labute approximate surface area is 116 Å². The van der Waals surface area contributed by atoms with Crippen LogP contribution in [0.1, 0.15) is 43.6 Å². The maximum Gasteiger partial charge on any atom is 0.118 e. The highest BCUT2D eigenvalue weighted by Crippen LogP contribution is 2.42. The van der Waals surface area contributed by atoms with Crippen LogP contribution in [0.4, 0.5) is 0 Å². The second-order valence-corrected chi connectivity index (χ2v) is 6.08. The first kappa shape index (κ1) is 13.0. The zero-order valence-corrected chi connectivity index (χ0v) is 11.9. The van der Waals surface area contributed by atoms with Gasteiger partial charge in [-0.1, -0.05) is 37.8 Å². The van der Waals surface area contributed by atoms with Crippen molar-refractivity contribution in [3.8, 4) is 5.75 Å². The van der Waals surface area contributed by atoms with E-state index in [-0.39, 0.29) is 0 Å². The summed E-state index contributed by atoms with van der Waals surface area (Å²) in [4.78, 5) is 0. The number of hydrogen-bond acceptors (Lipinski definition) is 2. The molecule has 3 rings (SSSR count). The minimum absolute atomic E-state index is 0.746. The molecule has 0 aromatic heterocycles. The zero-order chi connectivity index (χ0) is 13.1. The average molecular weight is 259 g/mol. The molecule has 1 heterocycles. The normalized spacial score (nSPS) is 28.5. The van der Waals surface area contributed by atoms with Gasteiger partial charge in [0, 0.05) is 0 Å². The number of hydrogen-bond donors (Lipinski definition) is 1. The lowest BCUT2D eigenvalue weighted by molar-refractivity contribution is 0.231. The summed E-state index contributed by atoms with van der Waals surface area (Å²) in [5.41, 5.74) is 1.51. The van der Waals surface area contributed by atoms with E-state index < -0.39 is 0 Å². The van der Waals surface area contributed by atoms with Crippen LogP contribution >= 0.6 is 0 Å². The molecule has 2 aliphatic rings. The van der Waals surface area contributed by atoms with E-state index >= 15 is 0 Å². The van der Waals surface area contributed by atoms with Crippen molar-refractivity contribution in [3.05, 3.63) is 29.8 Å². The molecule has 1 saturated carbocycles. The Bertz CT molecular complexity index is 394. The van der Waals surface area contributed by atoms with Gasteiger partial charge in [0.15, 0.2) is 0 Å². The van der Waals surface area contributed by atoms with E-state index in [1.165, 1.54) is 50.8 Å². The summed E-state index contributed by atoms with van der Waals surface area (Å²) in [6.07, 6.45) is 7.05. The van der Waals surface area contributed by atoms with Crippen LogP contribution in [-0.2, 0) is 0 Å². The van der Waals surface area contributed by atoms with E-state index in [0.29, 0.717) is 0 Å². The Morgan fingerprint density at radius 1 is 1.05 bits per heavy atom. The van der Waals surface area contributed by atoms with E-state index in [0.717, 1.165) is 23.5 Å². The summed E-state index contributed by atoms with van der Waals surface area (Å²) < 4.78 is 5.27. The lowest BCUT2D eigenvalue weighted by Gasteiger charge is -2.36. The number of rotatable bonds is 3. The van der Waals surface area contributed by atoms with Gasteiger partial charge in [-0.05, 0) is 55.0 Å². The highest BCUT2D eigenvalue weighted by Gasteiger charge is 2.33. The van der Waals surface area contributed by atoms with Crippen molar-refractivity contribution in [2.45, 2.75) is 38.0 Å². The molecule has 0 spiro atoms. The Morgan fingerprint density at radius 3 is 2.47 bits per heavy atom. The first-order valence-electron chi connectivity index (χ1n) is 7.73. The second kappa shape index (κ2) is 5.96. The Morgan fingerprint density at radius 2 is 1.79 bits per heavy atom. The third-order valence-electron chi connectivity index (χ3n) is 5.08. The Hall–Kier alpha value is -1.02. The van der Waals surface area contributed by atoms with Crippen LogP contribution in [0.25, 0.3) is 0 Å². The van der Waals surface area contributed by atoms with Crippen molar-refractivity contribution in [1.82, 2.24) is 5.32 Å². The summed E-state index contributed by atoms with van der Waals surface area (Å²) in [6.45, 7) is 2.38. The molecule has 1 aliphatic heterocycles. The molecule has 1 aliphatic carbocycles. The van der Waals surface area contributed by atoms with Crippen LogP contribution in [0.3, 0.4) is 0 Å². The molecule has 1 aromatic rings. The van der Waals surface area contributed by atoms with Gasteiger partial charge in [-0.15, -0.1) is 0 Å². The van der Waals surface area contributed by atoms with Gasteiger partial charge in [-0.2, -0.15) is 0 Å². The fourth-order valence-corrected chi connectivity index (χ4v) is 4.03. The minimum Gasteiger partial charge on any atom is -0.497 e. The van der Waals surface area contributed by atoms with Crippen molar-refractivity contribution in [2.24, 2.45) is 11.8 Å². The summed E-state index contributed by atoms with van der Waals surface area (Å²) >= 11 is 0. The second-order valence-electron chi connectivity index (χ2n) is 6.08. The summed E-state index contributed by atoms with van der Waals surface area (Å²) in [6, 6.07) is 8.78. The maximum atomic E-state index is 5.27. The van der Waals surface area contributed by atoms with E-state index in [1.807, 2.05) is 0 Å². The third-order valence-corrected chi connectivity index (χ3v) is 5.08. The van der Waals surface area contributed by atoms with Crippen LogP contribution in [0.2, 0.25) is 0 Å². The monoisotopic (exact) mass is 259 g/mol. The van der Waals surface area contributed by atoms with Gasteiger partial charge in [-0.25, -0.2) is 0 Å². The summed E-state index contributed by atoms with van der Waals surface area (Å²) in [5, 5.41) is 3.61. The molecular weight excluding hydrogens is 234 g/mol. The number of nitrogens with one attached hydrogen (secondary N) is 1. The molecule has 2 fully saturated rings. The van der Waals surface area contributed by atoms with Crippen LogP contribution in [-0.4, -0.2) is 20.2 Å². The minimum atomic E-state index is 0.746. The van der Waals surface area contributed by atoms with Crippen molar-refractivity contribution < 1.29 is 4.74 Å². The Balaban J connectivity index is 1.78. The third kappa shape index (κ3) is 2.79. The number of benzene rings is 1. The highest BCUT2D eigenvalue weighted by molar-refractivity contribution is 5.30. The molecule has 2 heteroatoms. The molecule has 2 nitrogen and oxygen atoms in total. The van der Waals surface area contributed by atoms with Crippen LogP contribution < -0.4 is 10.1 Å².